The molecule has 1 heterocycles. The lowest BCUT2D eigenvalue weighted by Gasteiger charge is -2.12. The molecule has 0 saturated carbocycles. The number of aryl methyl sites for hydroxylation is 1. The Morgan fingerprint density at radius 2 is 1.93 bits per heavy atom. The highest BCUT2D eigenvalue weighted by Crippen LogP contribution is 2.14. The third-order valence-electron chi connectivity index (χ3n) is 3.77. The van der Waals surface area contributed by atoms with Gasteiger partial charge in [0.05, 0.1) is 16.4 Å². The van der Waals surface area contributed by atoms with Crippen LogP contribution < -0.4 is 10.6 Å². The van der Waals surface area contributed by atoms with Crippen molar-refractivity contribution in [2.75, 3.05) is 27.2 Å². The minimum Gasteiger partial charge on any atom is -0.357 e. The molecular formula is C18H27N5O2S2. The average molecular weight is 410 g/mol. The third kappa shape index (κ3) is 6.30. The molecule has 0 saturated heterocycles. The molecule has 27 heavy (non-hydrogen) atoms. The van der Waals surface area contributed by atoms with Gasteiger partial charge in [-0.2, -0.15) is 0 Å². The Morgan fingerprint density at radius 3 is 2.48 bits per heavy atom. The summed E-state index contributed by atoms with van der Waals surface area (Å²) in [5, 5.41) is 7.62. The van der Waals surface area contributed by atoms with Gasteiger partial charge in [0.1, 0.15) is 0 Å². The minimum absolute atomic E-state index is 0.281. The molecule has 148 valence electrons. The van der Waals surface area contributed by atoms with Crippen LogP contribution in [0, 0.1) is 6.92 Å². The van der Waals surface area contributed by atoms with Crippen LogP contribution in [0.4, 0.5) is 0 Å². The number of rotatable bonds is 8. The maximum absolute atomic E-state index is 12.1. The smallest absolute Gasteiger partial charge is 0.242 e. The zero-order valence-corrected chi connectivity index (χ0v) is 17.8. The predicted octanol–water partition coefficient (Wildman–Crippen LogP) is 2.00. The number of hydrogen-bond acceptors (Lipinski definition) is 5. The number of benzene rings is 1. The molecule has 7 nitrogen and oxygen atoms in total. The van der Waals surface area contributed by atoms with Crippen molar-refractivity contribution >= 4 is 27.3 Å². The molecule has 0 aliphatic rings. The van der Waals surface area contributed by atoms with Gasteiger partial charge in [-0.3, -0.25) is 0 Å². The van der Waals surface area contributed by atoms with Gasteiger partial charge in [-0.25, -0.2) is 22.7 Å². The van der Waals surface area contributed by atoms with Gasteiger partial charge in [0.25, 0.3) is 0 Å². The van der Waals surface area contributed by atoms with Crippen molar-refractivity contribution in [3.05, 3.63) is 45.9 Å². The van der Waals surface area contributed by atoms with Gasteiger partial charge < -0.3 is 10.6 Å². The summed E-state index contributed by atoms with van der Waals surface area (Å²) in [6.07, 6.45) is 2.74. The predicted molar refractivity (Wildman–Crippen MR) is 111 cm³/mol. The molecule has 2 rings (SSSR count). The van der Waals surface area contributed by atoms with E-state index in [4.69, 9.17) is 0 Å². The van der Waals surface area contributed by atoms with Gasteiger partial charge >= 0.3 is 0 Å². The maximum Gasteiger partial charge on any atom is 0.242 e. The van der Waals surface area contributed by atoms with Crippen molar-refractivity contribution in [1.29, 1.82) is 0 Å². The summed E-state index contributed by atoms with van der Waals surface area (Å²) in [6.45, 7) is 6.05. The van der Waals surface area contributed by atoms with E-state index >= 15 is 0 Å². The first-order valence-electron chi connectivity index (χ1n) is 8.78. The van der Waals surface area contributed by atoms with E-state index in [1.807, 2.05) is 13.1 Å². The van der Waals surface area contributed by atoms with Crippen molar-refractivity contribution in [3.8, 4) is 0 Å². The number of aliphatic imine (C=N–C) groups is 1. The van der Waals surface area contributed by atoms with Crippen LogP contribution in [0.3, 0.4) is 0 Å². The normalized spacial score (nSPS) is 12.4. The van der Waals surface area contributed by atoms with E-state index in [1.165, 1.54) is 23.3 Å². The molecule has 1 aromatic heterocycles. The molecule has 9 heteroatoms. The van der Waals surface area contributed by atoms with Crippen LogP contribution in [0.15, 0.2) is 40.4 Å². The highest BCUT2D eigenvalue weighted by molar-refractivity contribution is 7.89. The molecule has 0 spiro atoms. The fraction of sp³-hybridized carbons (Fsp3) is 0.444. The number of thiazole rings is 1. The maximum atomic E-state index is 12.1. The van der Waals surface area contributed by atoms with Crippen molar-refractivity contribution in [1.82, 2.24) is 19.9 Å². The van der Waals surface area contributed by atoms with E-state index < -0.39 is 10.0 Å². The van der Waals surface area contributed by atoms with Crippen molar-refractivity contribution < 1.29 is 8.42 Å². The molecule has 2 aromatic rings. The molecule has 1 aromatic carbocycles. The molecule has 0 bridgehead atoms. The largest absolute Gasteiger partial charge is 0.357 e. The average Bonchev–Trinajstić information content (AvgIpc) is 3.05. The number of hydrogen-bond donors (Lipinski definition) is 2. The Labute approximate surface area is 165 Å². The first-order valence-corrected chi connectivity index (χ1v) is 11.0. The highest BCUT2D eigenvalue weighted by atomic mass is 32.2. The van der Waals surface area contributed by atoms with Gasteiger partial charge in [0.2, 0.25) is 10.0 Å². The standard InChI is InChI=1S/C18H27N5O2S2/c1-5-19-18(20-11-10-17-21-12-14(2)26-17)22-13-15-6-8-16(9-7-15)27(24,25)23(3)4/h6-9,12H,5,10-11,13H2,1-4H3,(H2,19,20,22). The van der Waals surface area contributed by atoms with E-state index in [2.05, 4.69) is 27.5 Å². The zero-order chi connectivity index (χ0) is 19.9. The second-order valence-electron chi connectivity index (χ2n) is 6.17. The summed E-state index contributed by atoms with van der Waals surface area (Å²) in [5.41, 5.74) is 0.945. The van der Waals surface area contributed by atoms with E-state index in [0.29, 0.717) is 6.54 Å². The first-order chi connectivity index (χ1) is 12.8. The lowest BCUT2D eigenvalue weighted by atomic mass is 10.2. The Bertz CT molecular complexity index is 858. The van der Waals surface area contributed by atoms with Gasteiger partial charge in [0.15, 0.2) is 5.96 Å². The van der Waals surface area contributed by atoms with Crippen LogP contribution in [-0.2, 0) is 23.0 Å². The summed E-state index contributed by atoms with van der Waals surface area (Å²) in [5.74, 6) is 0.732. The third-order valence-corrected chi connectivity index (χ3v) is 6.57. The molecule has 0 fully saturated rings. The SMILES string of the molecule is CCNC(=NCc1ccc(S(=O)(=O)N(C)C)cc1)NCCc1ncc(C)s1. The molecule has 2 N–H and O–H groups in total. The lowest BCUT2D eigenvalue weighted by Crippen LogP contribution is -2.38. The number of nitrogens with zero attached hydrogens (tertiary/aromatic N) is 3. The van der Waals surface area contributed by atoms with E-state index in [1.54, 1.807) is 35.6 Å². The summed E-state index contributed by atoms with van der Waals surface area (Å²) in [6, 6.07) is 6.82. The summed E-state index contributed by atoms with van der Waals surface area (Å²) in [7, 11) is -0.357. The molecular weight excluding hydrogens is 382 g/mol. The quantitative estimate of drug-likeness (QED) is 0.514. The Kier molecular flexibility index (Phi) is 7.76. The Morgan fingerprint density at radius 1 is 1.22 bits per heavy atom. The molecule has 0 atom stereocenters. The highest BCUT2D eigenvalue weighted by Gasteiger charge is 2.16. The van der Waals surface area contributed by atoms with Crippen molar-refractivity contribution in [2.45, 2.75) is 31.7 Å². The summed E-state index contributed by atoms with van der Waals surface area (Å²) >= 11 is 1.70. The Balaban J connectivity index is 1.95. The Hall–Kier alpha value is -1.97. The fourth-order valence-electron chi connectivity index (χ4n) is 2.29. The molecule has 0 unspecified atom stereocenters. The van der Waals surface area contributed by atoms with E-state index in [-0.39, 0.29) is 4.90 Å². The molecule has 0 radical (unpaired) electrons. The van der Waals surface area contributed by atoms with Crippen molar-refractivity contribution in [3.63, 3.8) is 0 Å². The molecule has 0 amide bonds. The van der Waals surface area contributed by atoms with Crippen LogP contribution in [0.1, 0.15) is 22.4 Å². The van der Waals surface area contributed by atoms with Gasteiger partial charge in [-0.15, -0.1) is 11.3 Å². The lowest BCUT2D eigenvalue weighted by molar-refractivity contribution is 0.520. The topological polar surface area (TPSA) is 86.7 Å². The van der Waals surface area contributed by atoms with Gasteiger partial charge in [-0.1, -0.05) is 12.1 Å². The minimum atomic E-state index is -3.40. The zero-order valence-electron chi connectivity index (χ0n) is 16.2. The monoisotopic (exact) mass is 409 g/mol. The summed E-state index contributed by atoms with van der Waals surface area (Å²) in [4.78, 5) is 10.4. The number of guanidine groups is 1. The summed E-state index contributed by atoms with van der Waals surface area (Å²) < 4.78 is 25.4. The first kappa shape index (κ1) is 21.3. The number of nitrogens with one attached hydrogen (secondary N) is 2. The van der Waals surface area contributed by atoms with Crippen LogP contribution >= 0.6 is 11.3 Å². The van der Waals surface area contributed by atoms with Crippen molar-refractivity contribution in [2.24, 2.45) is 4.99 Å². The van der Waals surface area contributed by atoms with Crippen LogP contribution in [0.5, 0.6) is 0 Å². The van der Waals surface area contributed by atoms with E-state index in [0.717, 1.165) is 36.0 Å². The fourth-order valence-corrected chi connectivity index (χ4v) is 3.98. The second kappa shape index (κ2) is 9.82. The molecule has 0 aliphatic carbocycles. The van der Waals surface area contributed by atoms with E-state index in [9.17, 15) is 8.42 Å². The van der Waals surface area contributed by atoms with Crippen LogP contribution in [-0.4, -0.2) is 50.9 Å². The number of aromatic nitrogens is 1. The van der Waals surface area contributed by atoms with Crippen LogP contribution in [0.2, 0.25) is 0 Å². The van der Waals surface area contributed by atoms with Crippen LogP contribution in [0.25, 0.3) is 0 Å². The van der Waals surface area contributed by atoms with Gasteiger partial charge in [0, 0.05) is 44.7 Å². The number of sulfonamides is 1. The van der Waals surface area contributed by atoms with Gasteiger partial charge in [-0.05, 0) is 31.5 Å². The molecule has 0 aliphatic heterocycles. The second-order valence-corrected chi connectivity index (χ2v) is 9.64.